The van der Waals surface area contributed by atoms with Crippen molar-refractivity contribution in [3.05, 3.63) is 0 Å². The number of carboxylic acid groups (broad SMARTS) is 1. The van der Waals surface area contributed by atoms with E-state index in [1.807, 2.05) is 34.6 Å². The van der Waals surface area contributed by atoms with Crippen molar-refractivity contribution in [1.82, 2.24) is 0 Å². The molecule has 0 aromatic rings. The Hall–Kier alpha value is -0.810. The largest absolute Gasteiger partial charge is 0.480 e. The summed E-state index contributed by atoms with van der Waals surface area (Å²) in [6.45, 7) is 17.2. The van der Waals surface area contributed by atoms with Crippen LogP contribution in [0.15, 0.2) is 0 Å². The third-order valence-electron chi connectivity index (χ3n) is 6.56. The minimum Gasteiger partial charge on any atom is -0.480 e. The van der Waals surface area contributed by atoms with E-state index >= 15 is 0 Å². The van der Waals surface area contributed by atoms with Crippen LogP contribution in [0, 0.1) is 0 Å². The number of rotatable bonds is 31. The summed E-state index contributed by atoms with van der Waals surface area (Å²) in [6.07, 6.45) is 12.7. The van der Waals surface area contributed by atoms with Crippen molar-refractivity contribution >= 4 is 5.97 Å². The zero-order valence-corrected chi connectivity index (χ0v) is 27.4. The molecule has 0 bridgehead atoms. The summed E-state index contributed by atoms with van der Waals surface area (Å²) in [5.41, 5.74) is 0. The van der Waals surface area contributed by atoms with Gasteiger partial charge in [-0.05, 0) is 48.0 Å². The van der Waals surface area contributed by atoms with Gasteiger partial charge in [0.1, 0.15) is 6.61 Å². The highest BCUT2D eigenvalue weighted by Crippen LogP contribution is 2.11. The average molecular weight is 593 g/mol. The van der Waals surface area contributed by atoms with Crippen LogP contribution in [0.25, 0.3) is 0 Å². The smallest absolute Gasteiger partial charge is 0.329 e. The van der Waals surface area contributed by atoms with Crippen molar-refractivity contribution in [2.45, 2.75) is 149 Å². The Morgan fingerprint density at radius 3 is 1.17 bits per heavy atom. The molecular weight excluding hydrogens is 528 g/mol. The Labute approximate surface area is 251 Å². The van der Waals surface area contributed by atoms with E-state index in [2.05, 4.69) is 6.92 Å². The number of hydrogen-bond donors (Lipinski definition) is 1. The molecule has 9 nitrogen and oxygen atoms in total. The summed E-state index contributed by atoms with van der Waals surface area (Å²) < 4.78 is 40.0. The van der Waals surface area contributed by atoms with Crippen LogP contribution in [0.5, 0.6) is 0 Å². The van der Waals surface area contributed by atoms with E-state index in [-0.39, 0.29) is 43.2 Å². The molecule has 0 rings (SSSR count). The molecule has 6 unspecified atom stereocenters. The monoisotopic (exact) mass is 592 g/mol. The number of hydrogen-bond acceptors (Lipinski definition) is 8. The van der Waals surface area contributed by atoms with Crippen molar-refractivity contribution in [2.24, 2.45) is 0 Å². The van der Waals surface area contributed by atoms with Gasteiger partial charge in [-0.2, -0.15) is 0 Å². The van der Waals surface area contributed by atoms with Crippen molar-refractivity contribution in [1.29, 1.82) is 0 Å². The zero-order valence-electron chi connectivity index (χ0n) is 27.4. The molecule has 0 aromatic carbocycles. The molecule has 0 fully saturated rings. The van der Waals surface area contributed by atoms with Crippen LogP contribution in [-0.2, 0) is 38.0 Å². The van der Waals surface area contributed by atoms with E-state index in [9.17, 15) is 4.79 Å². The molecule has 0 saturated carbocycles. The number of aliphatic carboxylic acids is 1. The van der Waals surface area contributed by atoms with Gasteiger partial charge in [0.2, 0.25) is 0 Å². The highest BCUT2D eigenvalue weighted by molar-refractivity contribution is 5.68. The van der Waals surface area contributed by atoms with Crippen LogP contribution < -0.4 is 0 Å². The second-order valence-corrected chi connectivity index (χ2v) is 11.5. The predicted molar refractivity (Wildman–Crippen MR) is 163 cm³/mol. The lowest BCUT2D eigenvalue weighted by molar-refractivity contribution is -0.146. The SMILES string of the molecule is CCCCCCCCCCCCOCC(C)OCC(C)OCC(C)OCC(C)OCC(C)OCC(C)OCC(=O)O. The first kappa shape index (κ1) is 40.2. The molecule has 0 spiro atoms. The quantitative estimate of drug-likeness (QED) is 0.0911. The molecular formula is C32H64O9. The zero-order chi connectivity index (χ0) is 30.7. The topological polar surface area (TPSA) is 102 Å². The van der Waals surface area contributed by atoms with E-state index in [4.69, 9.17) is 38.3 Å². The Bertz CT molecular complexity index is 577. The first-order chi connectivity index (χ1) is 19.6. The molecule has 246 valence electrons. The first-order valence-corrected chi connectivity index (χ1v) is 16.1. The van der Waals surface area contributed by atoms with Gasteiger partial charge in [-0.15, -0.1) is 0 Å². The van der Waals surface area contributed by atoms with Gasteiger partial charge in [-0.1, -0.05) is 64.7 Å². The maximum atomic E-state index is 10.5. The lowest BCUT2D eigenvalue weighted by Crippen LogP contribution is -2.30. The molecule has 0 aliphatic heterocycles. The van der Waals surface area contributed by atoms with Crippen LogP contribution in [0.4, 0.5) is 0 Å². The van der Waals surface area contributed by atoms with E-state index in [0.717, 1.165) is 13.0 Å². The van der Waals surface area contributed by atoms with Crippen LogP contribution in [0.1, 0.15) is 113 Å². The van der Waals surface area contributed by atoms with E-state index in [1.165, 1.54) is 57.8 Å². The van der Waals surface area contributed by atoms with Gasteiger partial charge < -0.3 is 38.3 Å². The maximum Gasteiger partial charge on any atom is 0.329 e. The molecule has 0 heterocycles. The van der Waals surface area contributed by atoms with Crippen LogP contribution in [0.2, 0.25) is 0 Å². The molecule has 0 aliphatic rings. The Balaban J connectivity index is 3.67. The Morgan fingerprint density at radius 2 is 0.805 bits per heavy atom. The van der Waals surface area contributed by atoms with Gasteiger partial charge in [-0.25, -0.2) is 4.79 Å². The van der Waals surface area contributed by atoms with Gasteiger partial charge in [0.15, 0.2) is 0 Å². The summed E-state index contributed by atoms with van der Waals surface area (Å²) >= 11 is 0. The van der Waals surface area contributed by atoms with Crippen LogP contribution in [0.3, 0.4) is 0 Å². The summed E-state index contributed by atoms with van der Waals surface area (Å²) in [5, 5.41) is 8.64. The number of ether oxygens (including phenoxy) is 7. The molecule has 0 radical (unpaired) electrons. The highest BCUT2D eigenvalue weighted by Gasteiger charge is 2.14. The molecule has 0 amide bonds. The van der Waals surface area contributed by atoms with E-state index in [0.29, 0.717) is 39.6 Å². The predicted octanol–water partition coefficient (Wildman–Crippen LogP) is 6.44. The molecule has 9 heteroatoms. The standard InChI is InChI=1S/C32H64O9/c1-8-9-10-11-12-13-14-15-16-17-18-35-19-26(2)36-20-27(3)37-21-28(4)38-22-29(5)39-23-30(6)40-24-31(7)41-25-32(33)34/h26-31H,8-25H2,1-7H3,(H,33,34). The molecule has 0 saturated heterocycles. The number of unbranched alkanes of at least 4 members (excludes halogenated alkanes) is 9. The van der Waals surface area contributed by atoms with Crippen molar-refractivity contribution in [3.63, 3.8) is 0 Å². The number of carboxylic acids is 1. The van der Waals surface area contributed by atoms with Crippen LogP contribution >= 0.6 is 0 Å². The highest BCUT2D eigenvalue weighted by atomic mass is 16.6. The lowest BCUT2D eigenvalue weighted by Gasteiger charge is -2.22. The normalized spacial score (nSPS) is 16.3. The fourth-order valence-corrected chi connectivity index (χ4v) is 3.94. The number of carbonyl (C=O) groups is 1. The third kappa shape index (κ3) is 29.1. The summed E-state index contributed by atoms with van der Waals surface area (Å²) in [4.78, 5) is 10.5. The minimum absolute atomic E-state index is 0.0287. The van der Waals surface area contributed by atoms with Crippen molar-refractivity contribution in [3.8, 4) is 0 Å². The second kappa shape index (κ2) is 28.0. The van der Waals surface area contributed by atoms with E-state index < -0.39 is 5.97 Å². The lowest BCUT2D eigenvalue weighted by atomic mass is 10.1. The summed E-state index contributed by atoms with van der Waals surface area (Å²) in [7, 11) is 0. The van der Waals surface area contributed by atoms with Crippen molar-refractivity contribution < 1.29 is 43.1 Å². The van der Waals surface area contributed by atoms with Crippen LogP contribution in [-0.4, -0.2) is 101 Å². The third-order valence-corrected chi connectivity index (χ3v) is 6.56. The summed E-state index contributed by atoms with van der Waals surface area (Å²) in [6, 6.07) is 0. The van der Waals surface area contributed by atoms with Gasteiger partial charge in [-0.3, -0.25) is 0 Å². The fraction of sp³-hybridized carbons (Fsp3) is 0.969. The minimum atomic E-state index is -0.991. The maximum absolute atomic E-state index is 10.5. The molecule has 0 aromatic heterocycles. The van der Waals surface area contributed by atoms with E-state index in [1.54, 1.807) is 6.92 Å². The Morgan fingerprint density at radius 1 is 0.488 bits per heavy atom. The second-order valence-electron chi connectivity index (χ2n) is 11.5. The molecule has 0 aliphatic carbocycles. The van der Waals surface area contributed by atoms with Crippen molar-refractivity contribution in [2.75, 3.05) is 52.9 Å². The Kier molecular flexibility index (Phi) is 27.4. The van der Waals surface area contributed by atoms with Gasteiger partial charge in [0.25, 0.3) is 0 Å². The van der Waals surface area contributed by atoms with Gasteiger partial charge in [0.05, 0.1) is 76.3 Å². The van der Waals surface area contributed by atoms with Gasteiger partial charge >= 0.3 is 5.97 Å². The first-order valence-electron chi connectivity index (χ1n) is 16.1. The molecule has 41 heavy (non-hydrogen) atoms. The van der Waals surface area contributed by atoms with Gasteiger partial charge in [0, 0.05) is 6.61 Å². The fourth-order valence-electron chi connectivity index (χ4n) is 3.94. The summed E-state index contributed by atoms with van der Waals surface area (Å²) in [5.74, 6) is -0.991. The average Bonchev–Trinajstić information content (AvgIpc) is 2.95. The molecule has 1 N–H and O–H groups in total. The molecule has 6 atom stereocenters.